The number of nitrogens with one attached hydrogen (secondary N) is 2. The predicted octanol–water partition coefficient (Wildman–Crippen LogP) is 2.15. The van der Waals surface area contributed by atoms with Crippen molar-refractivity contribution in [2.24, 2.45) is 5.92 Å². The van der Waals surface area contributed by atoms with Crippen LogP contribution in [0.1, 0.15) is 58.3 Å². The SMILES string of the molecule is CNC1(CC(=O)NCCN2CCC(C)CC2)CCCCC1. The number of amides is 1. The molecule has 4 nitrogen and oxygen atoms in total. The fourth-order valence-electron chi connectivity index (χ4n) is 3.75. The Morgan fingerprint density at radius 3 is 2.48 bits per heavy atom. The summed E-state index contributed by atoms with van der Waals surface area (Å²) in [6, 6.07) is 0. The zero-order valence-corrected chi connectivity index (χ0v) is 13.9. The van der Waals surface area contributed by atoms with E-state index in [0.29, 0.717) is 6.42 Å². The molecule has 0 aromatic heterocycles. The van der Waals surface area contributed by atoms with E-state index in [2.05, 4.69) is 22.5 Å². The van der Waals surface area contributed by atoms with E-state index in [1.807, 2.05) is 7.05 Å². The van der Waals surface area contributed by atoms with E-state index in [9.17, 15) is 4.79 Å². The van der Waals surface area contributed by atoms with E-state index in [0.717, 1.165) is 31.8 Å². The highest BCUT2D eigenvalue weighted by Gasteiger charge is 2.32. The largest absolute Gasteiger partial charge is 0.355 e. The zero-order valence-electron chi connectivity index (χ0n) is 13.9. The summed E-state index contributed by atoms with van der Waals surface area (Å²) in [6.07, 6.45) is 9.34. The second-order valence-corrected chi connectivity index (χ2v) is 7.14. The second kappa shape index (κ2) is 8.14. The number of hydrogen-bond donors (Lipinski definition) is 2. The Morgan fingerprint density at radius 2 is 1.86 bits per heavy atom. The maximum Gasteiger partial charge on any atom is 0.221 e. The van der Waals surface area contributed by atoms with Crippen LogP contribution in [0.15, 0.2) is 0 Å². The molecule has 1 aliphatic carbocycles. The molecule has 2 N–H and O–H groups in total. The Morgan fingerprint density at radius 1 is 1.19 bits per heavy atom. The zero-order chi connectivity index (χ0) is 15.1. The maximum absolute atomic E-state index is 12.2. The molecule has 122 valence electrons. The summed E-state index contributed by atoms with van der Waals surface area (Å²) in [5.41, 5.74) is 0.0584. The Hall–Kier alpha value is -0.610. The van der Waals surface area contributed by atoms with Crippen LogP contribution in [-0.2, 0) is 4.79 Å². The van der Waals surface area contributed by atoms with Crippen molar-refractivity contribution >= 4 is 5.91 Å². The number of likely N-dealkylation sites (tertiary alicyclic amines) is 1. The quantitative estimate of drug-likeness (QED) is 0.789. The molecule has 1 heterocycles. The molecule has 0 aromatic rings. The lowest BCUT2D eigenvalue weighted by Crippen LogP contribution is -2.49. The van der Waals surface area contributed by atoms with Gasteiger partial charge in [-0.05, 0) is 51.7 Å². The van der Waals surface area contributed by atoms with Gasteiger partial charge in [0.2, 0.25) is 5.91 Å². The van der Waals surface area contributed by atoms with Crippen LogP contribution in [0, 0.1) is 5.92 Å². The minimum Gasteiger partial charge on any atom is -0.355 e. The monoisotopic (exact) mass is 295 g/mol. The number of rotatable bonds is 6. The first-order chi connectivity index (χ1) is 10.1. The first-order valence-electron chi connectivity index (χ1n) is 8.81. The summed E-state index contributed by atoms with van der Waals surface area (Å²) in [4.78, 5) is 14.7. The minimum absolute atomic E-state index is 0.0584. The van der Waals surface area contributed by atoms with Crippen molar-refractivity contribution in [3.63, 3.8) is 0 Å². The Kier molecular flexibility index (Phi) is 6.49. The lowest BCUT2D eigenvalue weighted by Gasteiger charge is -2.36. The molecular weight excluding hydrogens is 262 g/mol. The van der Waals surface area contributed by atoms with Crippen LogP contribution in [0.3, 0.4) is 0 Å². The van der Waals surface area contributed by atoms with Gasteiger partial charge in [-0.2, -0.15) is 0 Å². The van der Waals surface area contributed by atoms with Gasteiger partial charge < -0.3 is 15.5 Å². The van der Waals surface area contributed by atoms with Crippen molar-refractivity contribution < 1.29 is 4.79 Å². The average molecular weight is 295 g/mol. The molecule has 0 aromatic carbocycles. The highest BCUT2D eigenvalue weighted by molar-refractivity contribution is 5.77. The van der Waals surface area contributed by atoms with Gasteiger partial charge in [-0.3, -0.25) is 4.79 Å². The van der Waals surface area contributed by atoms with Gasteiger partial charge in [-0.1, -0.05) is 26.2 Å². The van der Waals surface area contributed by atoms with Gasteiger partial charge in [-0.15, -0.1) is 0 Å². The average Bonchev–Trinajstić information content (AvgIpc) is 2.50. The van der Waals surface area contributed by atoms with E-state index in [1.165, 1.54) is 45.2 Å². The number of carbonyl (C=O) groups is 1. The van der Waals surface area contributed by atoms with Crippen LogP contribution >= 0.6 is 0 Å². The first kappa shape index (κ1) is 16.8. The van der Waals surface area contributed by atoms with Gasteiger partial charge in [-0.25, -0.2) is 0 Å². The fourth-order valence-corrected chi connectivity index (χ4v) is 3.75. The molecular formula is C17H33N3O. The number of carbonyl (C=O) groups excluding carboxylic acids is 1. The molecule has 0 spiro atoms. The fraction of sp³-hybridized carbons (Fsp3) is 0.941. The van der Waals surface area contributed by atoms with Crippen LogP contribution < -0.4 is 10.6 Å². The normalized spacial score (nSPS) is 23.9. The molecule has 0 atom stereocenters. The van der Waals surface area contributed by atoms with E-state index < -0.39 is 0 Å². The Labute approximate surface area is 130 Å². The number of nitrogens with zero attached hydrogens (tertiary/aromatic N) is 1. The van der Waals surface area contributed by atoms with Crippen LogP contribution in [0.25, 0.3) is 0 Å². The van der Waals surface area contributed by atoms with Crippen molar-refractivity contribution in [2.75, 3.05) is 33.2 Å². The van der Waals surface area contributed by atoms with Crippen LogP contribution in [0.2, 0.25) is 0 Å². The molecule has 2 fully saturated rings. The topological polar surface area (TPSA) is 44.4 Å². The van der Waals surface area contributed by atoms with E-state index in [4.69, 9.17) is 0 Å². The Bertz CT molecular complexity index is 318. The van der Waals surface area contributed by atoms with Crippen molar-refractivity contribution in [1.82, 2.24) is 15.5 Å². The first-order valence-corrected chi connectivity index (χ1v) is 8.81. The van der Waals surface area contributed by atoms with E-state index >= 15 is 0 Å². The van der Waals surface area contributed by atoms with Crippen molar-refractivity contribution in [3.8, 4) is 0 Å². The summed E-state index contributed by atoms with van der Waals surface area (Å²) in [5, 5.41) is 6.55. The smallest absolute Gasteiger partial charge is 0.221 e. The van der Waals surface area contributed by atoms with Crippen molar-refractivity contribution in [3.05, 3.63) is 0 Å². The number of hydrogen-bond acceptors (Lipinski definition) is 3. The van der Waals surface area contributed by atoms with Gasteiger partial charge in [0, 0.05) is 25.0 Å². The van der Waals surface area contributed by atoms with Crippen LogP contribution in [0.5, 0.6) is 0 Å². The molecule has 0 unspecified atom stereocenters. The highest BCUT2D eigenvalue weighted by atomic mass is 16.1. The van der Waals surface area contributed by atoms with Crippen molar-refractivity contribution in [2.45, 2.75) is 63.8 Å². The third kappa shape index (κ3) is 5.26. The predicted molar refractivity (Wildman–Crippen MR) is 87.3 cm³/mol. The molecule has 2 rings (SSSR count). The molecule has 0 bridgehead atoms. The lowest BCUT2D eigenvalue weighted by molar-refractivity contribution is -0.123. The van der Waals surface area contributed by atoms with Crippen LogP contribution in [-0.4, -0.2) is 49.6 Å². The van der Waals surface area contributed by atoms with Crippen molar-refractivity contribution in [1.29, 1.82) is 0 Å². The summed E-state index contributed by atoms with van der Waals surface area (Å²) in [5.74, 6) is 1.09. The molecule has 21 heavy (non-hydrogen) atoms. The summed E-state index contributed by atoms with van der Waals surface area (Å²) in [7, 11) is 2.01. The minimum atomic E-state index is 0.0584. The summed E-state index contributed by atoms with van der Waals surface area (Å²) < 4.78 is 0. The van der Waals surface area contributed by atoms with E-state index in [1.54, 1.807) is 0 Å². The van der Waals surface area contributed by atoms with E-state index in [-0.39, 0.29) is 11.4 Å². The maximum atomic E-state index is 12.2. The lowest BCUT2D eigenvalue weighted by atomic mass is 9.79. The molecule has 4 heteroatoms. The standard InChI is InChI=1S/C17H33N3O/c1-15-6-11-20(12-7-15)13-10-19-16(21)14-17(18-2)8-4-3-5-9-17/h15,18H,3-14H2,1-2H3,(H,19,21). The molecule has 1 saturated heterocycles. The molecule has 2 aliphatic rings. The summed E-state index contributed by atoms with van der Waals surface area (Å²) in [6.45, 7) is 6.52. The van der Waals surface area contributed by atoms with Gasteiger partial charge in [0.1, 0.15) is 0 Å². The van der Waals surface area contributed by atoms with Gasteiger partial charge in [0.15, 0.2) is 0 Å². The molecule has 1 amide bonds. The van der Waals surface area contributed by atoms with Gasteiger partial charge in [0.05, 0.1) is 0 Å². The molecule has 0 radical (unpaired) electrons. The third-order valence-corrected chi connectivity index (χ3v) is 5.47. The molecule has 1 saturated carbocycles. The van der Waals surface area contributed by atoms with Gasteiger partial charge in [0.25, 0.3) is 0 Å². The second-order valence-electron chi connectivity index (χ2n) is 7.14. The third-order valence-electron chi connectivity index (χ3n) is 5.47. The van der Waals surface area contributed by atoms with Crippen LogP contribution in [0.4, 0.5) is 0 Å². The Balaban J connectivity index is 1.65. The highest BCUT2D eigenvalue weighted by Crippen LogP contribution is 2.30. The summed E-state index contributed by atoms with van der Waals surface area (Å²) >= 11 is 0. The number of piperidine rings is 1. The van der Waals surface area contributed by atoms with Gasteiger partial charge >= 0.3 is 0 Å². The molecule has 1 aliphatic heterocycles.